The van der Waals surface area contributed by atoms with Gasteiger partial charge in [0.05, 0.1) is 37.9 Å². The van der Waals surface area contributed by atoms with E-state index in [-0.39, 0.29) is 31.2 Å². The van der Waals surface area contributed by atoms with E-state index in [0.29, 0.717) is 24.3 Å². The first kappa shape index (κ1) is 37.0. The minimum absolute atomic E-state index is 0.00479. The average Bonchev–Trinajstić information content (AvgIpc) is 3.11. The van der Waals surface area contributed by atoms with Crippen molar-refractivity contribution < 1.29 is 33.7 Å². The minimum Gasteiger partial charge on any atom is -0.465 e. The smallest absolute Gasteiger partial charge is 0.335 e. The Labute approximate surface area is 285 Å². The summed E-state index contributed by atoms with van der Waals surface area (Å²) in [6.45, 7) is 6.89. The van der Waals surface area contributed by atoms with Crippen molar-refractivity contribution in [2.24, 2.45) is 11.8 Å². The molecule has 0 bridgehead atoms. The first-order valence-electron chi connectivity index (χ1n) is 17.5. The Morgan fingerprint density at radius 3 is 2.10 bits per heavy atom. The van der Waals surface area contributed by atoms with Crippen LogP contribution in [0.3, 0.4) is 0 Å². The summed E-state index contributed by atoms with van der Waals surface area (Å²) in [6, 6.07) is 19.6. The number of esters is 2. The number of ether oxygens (including phenoxy) is 2. The summed E-state index contributed by atoms with van der Waals surface area (Å²) in [6.07, 6.45) is 10.9. The number of carbonyl (C=O) groups is 2. The predicted octanol–water partition coefficient (Wildman–Crippen LogP) is 8.36. The first-order valence-corrected chi connectivity index (χ1v) is 17.5. The molecule has 0 saturated heterocycles. The van der Waals surface area contributed by atoms with E-state index in [1.54, 1.807) is 13.0 Å². The Kier molecular flexibility index (Phi) is 14.4. The van der Waals surface area contributed by atoms with Gasteiger partial charge in [-0.25, -0.2) is 9.18 Å². The van der Waals surface area contributed by atoms with Crippen LogP contribution in [0.2, 0.25) is 0 Å². The minimum atomic E-state index is -0.639. The number of hydrogen-bond acceptors (Lipinski definition) is 6. The van der Waals surface area contributed by atoms with Crippen molar-refractivity contribution in [3.8, 4) is 22.3 Å². The van der Waals surface area contributed by atoms with Gasteiger partial charge < -0.3 is 19.7 Å². The summed E-state index contributed by atoms with van der Waals surface area (Å²) in [5.74, 6) is -0.627. The number of benzene rings is 3. The Morgan fingerprint density at radius 1 is 0.854 bits per heavy atom. The molecular weight excluding hydrogens is 607 g/mol. The zero-order valence-corrected chi connectivity index (χ0v) is 28.5. The summed E-state index contributed by atoms with van der Waals surface area (Å²) >= 11 is 0. The van der Waals surface area contributed by atoms with Gasteiger partial charge in [0.25, 0.3) is 0 Å². The lowest BCUT2D eigenvalue weighted by molar-refractivity contribution is -0.149. The summed E-state index contributed by atoms with van der Waals surface area (Å²) in [5.41, 5.74) is 6.20. The van der Waals surface area contributed by atoms with Gasteiger partial charge in [-0.3, -0.25) is 4.79 Å². The normalized spacial score (nSPS) is 16.7. The van der Waals surface area contributed by atoms with Gasteiger partial charge in [0.1, 0.15) is 5.82 Å². The van der Waals surface area contributed by atoms with E-state index in [9.17, 15) is 14.7 Å². The number of halogens is 1. The molecule has 6 nitrogen and oxygen atoms in total. The monoisotopic (exact) mass is 658 g/mol. The Morgan fingerprint density at radius 2 is 1.50 bits per heavy atom. The fraction of sp³-hybridized carbons (Fsp3) is 0.463. The molecule has 0 spiro atoms. The maximum Gasteiger partial charge on any atom is 0.335 e. The summed E-state index contributed by atoms with van der Waals surface area (Å²) < 4.78 is 26.1. The highest BCUT2D eigenvalue weighted by Crippen LogP contribution is 2.39. The summed E-state index contributed by atoms with van der Waals surface area (Å²) in [4.78, 5) is 24.0. The molecule has 4 rings (SSSR count). The van der Waals surface area contributed by atoms with Crippen molar-refractivity contribution >= 4 is 11.9 Å². The molecule has 1 fully saturated rings. The van der Waals surface area contributed by atoms with Crippen molar-refractivity contribution in [2.45, 2.75) is 84.0 Å². The first-order chi connectivity index (χ1) is 23.2. The van der Waals surface area contributed by atoms with Gasteiger partial charge in [-0.2, -0.15) is 0 Å². The van der Waals surface area contributed by atoms with Crippen LogP contribution in [0.1, 0.15) is 87.8 Å². The molecule has 1 aliphatic carbocycles. The van der Waals surface area contributed by atoms with Gasteiger partial charge in [-0.05, 0) is 83.9 Å². The molecule has 1 unspecified atom stereocenters. The summed E-state index contributed by atoms with van der Waals surface area (Å²) in [7, 11) is 0. The lowest BCUT2D eigenvalue weighted by Crippen LogP contribution is -2.19. The Balaban J connectivity index is 1.46. The van der Waals surface area contributed by atoms with Crippen molar-refractivity contribution in [3.63, 3.8) is 0 Å². The molecule has 1 atom stereocenters. The van der Waals surface area contributed by atoms with Crippen LogP contribution in [0.25, 0.3) is 22.3 Å². The largest absolute Gasteiger partial charge is 0.465 e. The highest BCUT2D eigenvalue weighted by atomic mass is 19.1. The zero-order chi connectivity index (χ0) is 34.5. The third-order valence-corrected chi connectivity index (χ3v) is 9.52. The van der Waals surface area contributed by atoms with Gasteiger partial charge in [0.2, 0.25) is 0 Å². The Bertz CT molecular complexity index is 1510. The third kappa shape index (κ3) is 10.6. The lowest BCUT2D eigenvalue weighted by atomic mass is 9.77. The highest BCUT2D eigenvalue weighted by Gasteiger charge is 2.23. The molecule has 3 aromatic carbocycles. The van der Waals surface area contributed by atoms with Crippen molar-refractivity contribution in [1.82, 2.24) is 0 Å². The molecule has 1 saturated carbocycles. The van der Waals surface area contributed by atoms with E-state index in [1.807, 2.05) is 48.5 Å². The molecule has 0 heterocycles. The van der Waals surface area contributed by atoms with E-state index < -0.39 is 24.5 Å². The van der Waals surface area contributed by atoms with Gasteiger partial charge in [-0.15, -0.1) is 0 Å². The van der Waals surface area contributed by atoms with Gasteiger partial charge in [0.15, 0.2) is 0 Å². The molecule has 0 aromatic heterocycles. The number of carbonyl (C=O) groups excluding carboxylic acids is 2. The molecule has 7 heteroatoms. The van der Waals surface area contributed by atoms with Crippen LogP contribution >= 0.6 is 0 Å². The zero-order valence-electron chi connectivity index (χ0n) is 28.5. The number of aliphatic hydroxyl groups excluding tert-OH is 2. The number of rotatable bonds is 17. The van der Waals surface area contributed by atoms with E-state index in [2.05, 4.69) is 19.6 Å². The van der Waals surface area contributed by atoms with Crippen LogP contribution in [-0.2, 0) is 31.9 Å². The topological polar surface area (TPSA) is 93.1 Å². The molecule has 0 amide bonds. The standard InChI is InChI=1S/C41H51FO6/c1-4-5-6-7-30-8-10-33(11-9-30)36-16-17-38(39(42)25-36)35-14-12-34(13-15-35)37-23-31(18-20-47-40(45)28(2)26-43)22-32(24-37)19-21-48-41(46)29(3)27-44/h12-17,22-25,29-30,33,43-44H,2,4-11,18-21,26-27H2,1,3H3. The van der Waals surface area contributed by atoms with Gasteiger partial charge >= 0.3 is 11.9 Å². The second-order valence-corrected chi connectivity index (χ2v) is 13.2. The quantitative estimate of drug-likeness (QED) is 0.0860. The van der Waals surface area contributed by atoms with E-state index in [0.717, 1.165) is 52.1 Å². The average molecular weight is 659 g/mol. The fourth-order valence-corrected chi connectivity index (χ4v) is 6.46. The molecular formula is C41H51FO6. The molecule has 1 aliphatic rings. The number of unbranched alkanes of at least 4 members (excludes halogenated alkanes) is 2. The fourth-order valence-electron chi connectivity index (χ4n) is 6.46. The molecule has 2 N–H and O–H groups in total. The Hall–Kier alpha value is -3.81. The second-order valence-electron chi connectivity index (χ2n) is 13.2. The molecule has 0 aliphatic heterocycles. The van der Waals surface area contributed by atoms with Crippen LogP contribution in [-0.4, -0.2) is 48.6 Å². The predicted molar refractivity (Wildman–Crippen MR) is 188 cm³/mol. The number of hydrogen-bond donors (Lipinski definition) is 2. The van der Waals surface area contributed by atoms with E-state index in [1.165, 1.54) is 38.5 Å². The SMILES string of the molecule is C=C(CO)C(=O)OCCc1cc(CCOC(=O)C(C)CO)cc(-c2ccc(-c3ccc(C4CCC(CCCCC)CC4)cc3F)cc2)c1. The molecule has 258 valence electrons. The maximum absolute atomic E-state index is 15.5. The van der Waals surface area contributed by atoms with Gasteiger partial charge in [0, 0.05) is 18.4 Å². The third-order valence-electron chi connectivity index (χ3n) is 9.52. The van der Waals surface area contributed by atoms with Crippen LogP contribution < -0.4 is 0 Å². The second kappa shape index (κ2) is 18.7. The lowest BCUT2D eigenvalue weighted by Gasteiger charge is -2.29. The van der Waals surface area contributed by atoms with Gasteiger partial charge in [-0.1, -0.05) is 93.8 Å². The van der Waals surface area contributed by atoms with E-state index in [4.69, 9.17) is 14.6 Å². The summed E-state index contributed by atoms with van der Waals surface area (Å²) in [5, 5.41) is 18.4. The van der Waals surface area contributed by atoms with E-state index >= 15 is 4.39 Å². The highest BCUT2D eigenvalue weighted by molar-refractivity contribution is 5.87. The molecule has 48 heavy (non-hydrogen) atoms. The molecule has 0 radical (unpaired) electrons. The van der Waals surface area contributed by atoms with Crippen LogP contribution in [0.15, 0.2) is 72.8 Å². The molecule has 3 aromatic rings. The van der Waals surface area contributed by atoms with Crippen LogP contribution in [0.4, 0.5) is 4.39 Å². The van der Waals surface area contributed by atoms with Crippen LogP contribution in [0.5, 0.6) is 0 Å². The van der Waals surface area contributed by atoms with Crippen molar-refractivity contribution in [3.05, 3.63) is 95.3 Å². The van der Waals surface area contributed by atoms with Crippen LogP contribution in [0, 0.1) is 17.7 Å². The van der Waals surface area contributed by atoms with Crippen molar-refractivity contribution in [2.75, 3.05) is 26.4 Å². The number of aliphatic hydroxyl groups is 2. The maximum atomic E-state index is 15.5. The van der Waals surface area contributed by atoms with Crippen molar-refractivity contribution in [1.29, 1.82) is 0 Å².